The molecule has 40 heavy (non-hydrogen) atoms. The predicted octanol–water partition coefficient (Wildman–Crippen LogP) is 6.18. The highest BCUT2D eigenvalue weighted by atomic mass is 32.2. The van der Waals surface area contributed by atoms with Gasteiger partial charge >= 0.3 is 12.1 Å². The standard InChI is InChI=1S/C32H43BNO5S/c1-20(2)14-15-39-31(38)34-18-25(27(19-34)29(35)24-10-12-26(40-7)13-11-24)9-8-23-16-21(3)28(22(4)17-23)33-32(5,6)30(36)37/h10-13,16-17,20,25,27H,8-9,14-15,18-19H2,1-7H3,(H,36,37). The number of carbonyl (C=O) groups is 3. The average molecular weight is 565 g/mol. The maximum atomic E-state index is 13.6. The summed E-state index contributed by atoms with van der Waals surface area (Å²) in [5.74, 6) is -0.609. The van der Waals surface area contributed by atoms with Crippen molar-refractivity contribution in [2.24, 2.45) is 17.8 Å². The first kappa shape index (κ1) is 31.8. The summed E-state index contributed by atoms with van der Waals surface area (Å²) in [4.78, 5) is 41.0. The number of aliphatic carboxylic acids is 1. The molecule has 1 aliphatic heterocycles. The van der Waals surface area contributed by atoms with E-state index in [0.717, 1.165) is 46.3 Å². The third kappa shape index (κ3) is 8.15. The Hall–Kier alpha value is -2.74. The lowest BCUT2D eigenvalue weighted by Crippen LogP contribution is -2.34. The number of benzene rings is 2. The van der Waals surface area contributed by atoms with Crippen LogP contribution in [0.4, 0.5) is 4.79 Å². The minimum atomic E-state index is -0.963. The number of rotatable bonds is 12. The number of carboxylic acid groups (broad SMARTS) is 1. The van der Waals surface area contributed by atoms with Gasteiger partial charge < -0.3 is 14.7 Å². The fraction of sp³-hybridized carbons (Fsp3) is 0.531. The van der Waals surface area contributed by atoms with Crippen LogP contribution in [0.2, 0.25) is 5.31 Å². The van der Waals surface area contributed by atoms with Gasteiger partial charge in [0, 0.05) is 34.8 Å². The molecule has 6 nitrogen and oxygen atoms in total. The highest BCUT2D eigenvalue weighted by Gasteiger charge is 2.40. The summed E-state index contributed by atoms with van der Waals surface area (Å²) in [5.41, 5.74) is 4.85. The molecule has 1 radical (unpaired) electrons. The highest BCUT2D eigenvalue weighted by molar-refractivity contribution is 7.98. The molecule has 2 atom stereocenters. The first-order chi connectivity index (χ1) is 18.8. The third-order valence-electron chi connectivity index (χ3n) is 7.84. The predicted molar refractivity (Wildman–Crippen MR) is 163 cm³/mol. The Morgan fingerprint density at radius 2 is 1.73 bits per heavy atom. The second kappa shape index (κ2) is 13.8. The van der Waals surface area contributed by atoms with E-state index in [2.05, 4.69) is 26.0 Å². The maximum absolute atomic E-state index is 13.6. The molecular weight excluding hydrogens is 521 g/mol. The van der Waals surface area contributed by atoms with Crippen molar-refractivity contribution in [3.8, 4) is 0 Å². The van der Waals surface area contributed by atoms with Crippen LogP contribution in [0.25, 0.3) is 0 Å². The number of carbonyl (C=O) groups excluding carboxylic acids is 2. The Morgan fingerprint density at radius 3 is 2.27 bits per heavy atom. The van der Waals surface area contributed by atoms with Crippen molar-refractivity contribution in [2.45, 2.75) is 71.0 Å². The number of hydrogen-bond acceptors (Lipinski definition) is 5. The van der Waals surface area contributed by atoms with E-state index in [0.29, 0.717) is 31.2 Å². The molecule has 8 heteroatoms. The van der Waals surface area contributed by atoms with Crippen LogP contribution in [0.15, 0.2) is 41.3 Å². The number of carboxylic acids is 1. The van der Waals surface area contributed by atoms with Crippen molar-refractivity contribution >= 4 is 42.3 Å². The molecule has 1 saturated heterocycles. The van der Waals surface area contributed by atoms with Gasteiger partial charge in [0.1, 0.15) is 0 Å². The first-order valence-corrected chi connectivity index (χ1v) is 15.3. The number of amides is 1. The summed E-state index contributed by atoms with van der Waals surface area (Å²) < 4.78 is 5.54. The number of nitrogens with zero attached hydrogens (tertiary/aromatic N) is 1. The van der Waals surface area contributed by atoms with E-state index >= 15 is 0 Å². The lowest BCUT2D eigenvalue weighted by atomic mass is 9.48. The summed E-state index contributed by atoms with van der Waals surface area (Å²) in [6.45, 7) is 12.9. The van der Waals surface area contributed by atoms with Crippen molar-refractivity contribution < 1.29 is 24.2 Å². The van der Waals surface area contributed by atoms with Gasteiger partial charge in [-0.3, -0.25) is 9.59 Å². The molecule has 0 bridgehead atoms. The molecule has 0 aliphatic carbocycles. The van der Waals surface area contributed by atoms with Gasteiger partial charge in [0.15, 0.2) is 13.1 Å². The molecule has 0 saturated carbocycles. The van der Waals surface area contributed by atoms with Gasteiger partial charge in [-0.1, -0.05) is 68.6 Å². The zero-order valence-electron chi connectivity index (χ0n) is 25.0. The molecule has 0 spiro atoms. The number of aryl methyl sites for hydroxylation is 3. The Morgan fingerprint density at radius 1 is 1.10 bits per heavy atom. The number of hydrogen-bond donors (Lipinski definition) is 1. The Kier molecular flexibility index (Phi) is 10.9. The monoisotopic (exact) mass is 564 g/mol. The second-order valence-corrected chi connectivity index (χ2v) is 12.9. The van der Waals surface area contributed by atoms with Gasteiger partial charge in [-0.2, -0.15) is 0 Å². The normalized spacial score (nSPS) is 17.2. The Balaban J connectivity index is 1.77. The van der Waals surface area contributed by atoms with Crippen molar-refractivity contribution in [1.29, 1.82) is 0 Å². The van der Waals surface area contributed by atoms with Gasteiger partial charge in [-0.25, -0.2) is 4.79 Å². The van der Waals surface area contributed by atoms with Gasteiger partial charge in [-0.05, 0) is 68.9 Å². The third-order valence-corrected chi connectivity index (χ3v) is 8.59. The van der Waals surface area contributed by atoms with Gasteiger partial charge in [0.25, 0.3) is 0 Å². The largest absolute Gasteiger partial charge is 0.481 e. The van der Waals surface area contributed by atoms with E-state index in [9.17, 15) is 19.5 Å². The zero-order valence-corrected chi connectivity index (χ0v) is 25.8. The van der Waals surface area contributed by atoms with E-state index in [-0.39, 0.29) is 23.7 Å². The smallest absolute Gasteiger partial charge is 0.409 e. The summed E-state index contributed by atoms with van der Waals surface area (Å²) >= 11 is 1.64. The van der Waals surface area contributed by atoms with E-state index in [4.69, 9.17) is 4.74 Å². The van der Waals surface area contributed by atoms with Gasteiger partial charge in [-0.15, -0.1) is 11.8 Å². The van der Waals surface area contributed by atoms with Crippen molar-refractivity contribution in [2.75, 3.05) is 26.0 Å². The lowest BCUT2D eigenvalue weighted by Gasteiger charge is -2.22. The fourth-order valence-electron chi connectivity index (χ4n) is 5.26. The van der Waals surface area contributed by atoms with E-state index in [1.165, 1.54) is 0 Å². The van der Waals surface area contributed by atoms with Crippen LogP contribution in [0.1, 0.15) is 67.6 Å². The van der Waals surface area contributed by atoms with Crippen LogP contribution >= 0.6 is 11.8 Å². The van der Waals surface area contributed by atoms with Crippen LogP contribution in [0.5, 0.6) is 0 Å². The van der Waals surface area contributed by atoms with Crippen LogP contribution < -0.4 is 5.46 Å². The van der Waals surface area contributed by atoms with Crippen LogP contribution in [-0.2, 0) is 16.0 Å². The van der Waals surface area contributed by atoms with Crippen molar-refractivity contribution in [1.82, 2.24) is 4.90 Å². The minimum absolute atomic E-state index is 0.0168. The lowest BCUT2D eigenvalue weighted by molar-refractivity contribution is -0.139. The molecule has 1 aliphatic rings. The molecule has 1 N–H and O–H groups in total. The number of thioether (sulfide) groups is 1. The van der Waals surface area contributed by atoms with E-state index in [1.54, 1.807) is 30.5 Å². The topological polar surface area (TPSA) is 83.9 Å². The average Bonchev–Trinajstić information content (AvgIpc) is 3.33. The van der Waals surface area contributed by atoms with Crippen LogP contribution in [0.3, 0.4) is 0 Å². The van der Waals surface area contributed by atoms with E-state index < -0.39 is 11.3 Å². The van der Waals surface area contributed by atoms with E-state index in [1.807, 2.05) is 51.6 Å². The number of ether oxygens (including phenoxy) is 1. The molecule has 1 amide bonds. The second-order valence-electron chi connectivity index (χ2n) is 12.0. The van der Waals surface area contributed by atoms with Gasteiger partial charge in [0.05, 0.1) is 6.61 Å². The fourth-order valence-corrected chi connectivity index (χ4v) is 5.67. The number of Topliss-reactive ketones (excluding diaryl/α,β-unsaturated/α-hetero) is 1. The van der Waals surface area contributed by atoms with Crippen LogP contribution in [0, 0.1) is 31.6 Å². The first-order valence-electron chi connectivity index (χ1n) is 14.1. The van der Waals surface area contributed by atoms with Crippen molar-refractivity contribution in [3.05, 3.63) is 58.7 Å². The number of likely N-dealkylation sites (tertiary alicyclic amines) is 1. The SMILES string of the molecule is CSc1ccc(C(=O)C2CN(C(=O)OCCC(C)C)CC2CCc2cc(C)c([B]C(C)(C)C(=O)O)c(C)c2)cc1. The molecule has 2 aromatic rings. The molecule has 0 aromatic heterocycles. The quantitative estimate of drug-likeness (QED) is 0.188. The molecule has 2 aromatic carbocycles. The summed E-state index contributed by atoms with van der Waals surface area (Å²) in [6.07, 6.45) is 4.00. The van der Waals surface area contributed by atoms with Gasteiger partial charge in [0.2, 0.25) is 0 Å². The Bertz CT molecular complexity index is 1190. The molecule has 1 fully saturated rings. The summed E-state index contributed by atoms with van der Waals surface area (Å²) in [5, 5.41) is 8.60. The zero-order chi connectivity index (χ0) is 29.6. The van der Waals surface area contributed by atoms with Crippen LogP contribution in [-0.4, -0.2) is 61.1 Å². The Labute approximate surface area is 244 Å². The highest BCUT2D eigenvalue weighted by Crippen LogP contribution is 2.32. The number of ketones is 1. The van der Waals surface area contributed by atoms with Crippen molar-refractivity contribution in [3.63, 3.8) is 0 Å². The molecule has 215 valence electrons. The maximum Gasteiger partial charge on any atom is 0.409 e. The molecule has 1 heterocycles. The molecule has 2 unspecified atom stereocenters. The minimum Gasteiger partial charge on any atom is -0.481 e. The summed E-state index contributed by atoms with van der Waals surface area (Å²) in [6, 6.07) is 11.9. The summed E-state index contributed by atoms with van der Waals surface area (Å²) in [7, 11) is 1.82. The molecule has 3 rings (SSSR count). The molecular formula is C32H43BNO5S.